The summed E-state index contributed by atoms with van der Waals surface area (Å²) < 4.78 is 26.7. The van der Waals surface area contributed by atoms with Crippen molar-refractivity contribution in [3.8, 4) is 0 Å². The molecule has 150 valence electrons. The largest absolute Gasteiger partial charge is 0.369 e. The van der Waals surface area contributed by atoms with Crippen molar-refractivity contribution in [2.45, 2.75) is 26.3 Å². The molecule has 0 aliphatic carbocycles. The number of anilines is 1. The van der Waals surface area contributed by atoms with Crippen molar-refractivity contribution >= 4 is 21.6 Å². The van der Waals surface area contributed by atoms with Crippen LogP contribution >= 0.6 is 0 Å². The minimum absolute atomic E-state index is 0.000354. The van der Waals surface area contributed by atoms with Gasteiger partial charge in [0.05, 0.1) is 0 Å². The average molecular weight is 395 g/mol. The third-order valence-corrected chi connectivity index (χ3v) is 7.27. The second kappa shape index (κ2) is 8.58. The Morgan fingerprint density at radius 2 is 2.00 bits per heavy atom. The van der Waals surface area contributed by atoms with Crippen LogP contribution in [0.5, 0.6) is 0 Å². The fourth-order valence-corrected chi connectivity index (χ4v) is 5.05. The van der Waals surface area contributed by atoms with Crippen LogP contribution in [-0.2, 0) is 14.8 Å². The van der Waals surface area contributed by atoms with Crippen LogP contribution in [0.4, 0.5) is 5.69 Å². The molecule has 2 aliphatic rings. The molecule has 0 spiro atoms. The van der Waals surface area contributed by atoms with Crippen molar-refractivity contribution in [1.29, 1.82) is 0 Å². The third-order valence-electron chi connectivity index (χ3n) is 5.49. The van der Waals surface area contributed by atoms with E-state index in [2.05, 4.69) is 28.5 Å². The summed E-state index contributed by atoms with van der Waals surface area (Å²) in [6, 6.07) is 8.21. The first-order valence-corrected chi connectivity index (χ1v) is 11.3. The van der Waals surface area contributed by atoms with Crippen LogP contribution in [0.1, 0.15) is 18.9 Å². The highest BCUT2D eigenvalue weighted by atomic mass is 32.2. The Morgan fingerprint density at radius 3 is 2.67 bits per heavy atom. The highest BCUT2D eigenvalue weighted by Crippen LogP contribution is 2.19. The predicted molar refractivity (Wildman–Crippen MR) is 107 cm³/mol. The van der Waals surface area contributed by atoms with E-state index in [9.17, 15) is 13.2 Å². The Bertz CT molecular complexity index is 760. The van der Waals surface area contributed by atoms with Gasteiger partial charge in [0.1, 0.15) is 5.75 Å². The molecule has 3 rings (SSSR count). The molecule has 1 amide bonds. The lowest BCUT2D eigenvalue weighted by Crippen LogP contribution is -2.54. The van der Waals surface area contributed by atoms with Gasteiger partial charge in [0, 0.05) is 44.5 Å². The summed E-state index contributed by atoms with van der Waals surface area (Å²) in [4.78, 5) is 14.5. The number of nitrogens with one attached hydrogen (secondary N) is 2. The average Bonchev–Trinajstić information content (AvgIpc) is 2.63. The number of piperazine rings is 1. The van der Waals surface area contributed by atoms with Gasteiger partial charge in [-0.2, -0.15) is 4.31 Å². The number of sulfonamides is 1. The van der Waals surface area contributed by atoms with E-state index in [-0.39, 0.29) is 6.04 Å². The topological polar surface area (TPSA) is 81.8 Å². The molecule has 27 heavy (non-hydrogen) atoms. The number of hydrogen-bond donors (Lipinski definition) is 2. The van der Waals surface area contributed by atoms with Crippen LogP contribution in [0.2, 0.25) is 0 Å². The summed E-state index contributed by atoms with van der Waals surface area (Å²) in [7, 11) is -3.59. The van der Waals surface area contributed by atoms with Gasteiger partial charge in [-0.05, 0) is 43.5 Å². The fourth-order valence-electron chi connectivity index (χ4n) is 3.74. The van der Waals surface area contributed by atoms with E-state index in [1.165, 1.54) is 9.87 Å². The molecule has 1 aromatic rings. The van der Waals surface area contributed by atoms with Gasteiger partial charge < -0.3 is 15.5 Å². The number of piperidine rings is 1. The van der Waals surface area contributed by atoms with E-state index in [0.717, 1.165) is 18.7 Å². The molecule has 2 unspecified atom stereocenters. The zero-order valence-corrected chi connectivity index (χ0v) is 17.0. The predicted octanol–water partition coefficient (Wildman–Crippen LogP) is 0.561. The molecule has 0 aromatic heterocycles. The van der Waals surface area contributed by atoms with E-state index in [4.69, 9.17) is 0 Å². The number of rotatable bonds is 5. The van der Waals surface area contributed by atoms with Crippen molar-refractivity contribution in [3.63, 3.8) is 0 Å². The van der Waals surface area contributed by atoms with Crippen LogP contribution in [0.25, 0.3) is 0 Å². The molecule has 2 saturated heterocycles. The molecular formula is C19H30N4O3S. The lowest BCUT2D eigenvalue weighted by Gasteiger charge is -2.35. The van der Waals surface area contributed by atoms with Gasteiger partial charge in [-0.15, -0.1) is 0 Å². The van der Waals surface area contributed by atoms with Gasteiger partial charge in [0.25, 0.3) is 0 Å². The number of carbonyl (C=O) groups excluding carboxylic acids is 1. The quantitative estimate of drug-likeness (QED) is 0.763. The van der Waals surface area contributed by atoms with Crippen molar-refractivity contribution in [2.24, 2.45) is 5.92 Å². The van der Waals surface area contributed by atoms with E-state index in [0.29, 0.717) is 38.6 Å². The molecule has 2 fully saturated rings. The molecule has 2 N–H and O–H groups in total. The molecule has 2 atom stereocenters. The van der Waals surface area contributed by atoms with Gasteiger partial charge in [-0.25, -0.2) is 8.42 Å². The standard InChI is InChI=1S/C19H30N4O3S/c1-15-4-3-5-17(12-15)22-8-10-23(11-9-22)27(25,26)14-19(24)21-18-13-20-7-6-16(18)2/h3-5,12,16,18,20H,6-11,13-14H2,1-2H3,(H,21,24). The first kappa shape index (κ1) is 20.1. The molecular weight excluding hydrogens is 364 g/mol. The Morgan fingerprint density at radius 1 is 1.26 bits per heavy atom. The number of nitrogens with zero attached hydrogens (tertiary/aromatic N) is 2. The number of aryl methyl sites for hydroxylation is 1. The van der Waals surface area contributed by atoms with E-state index >= 15 is 0 Å². The van der Waals surface area contributed by atoms with Crippen LogP contribution in [0.3, 0.4) is 0 Å². The normalized spacial score (nSPS) is 24.6. The van der Waals surface area contributed by atoms with E-state index in [1.807, 2.05) is 25.1 Å². The molecule has 8 heteroatoms. The maximum Gasteiger partial charge on any atom is 0.236 e. The van der Waals surface area contributed by atoms with Gasteiger partial charge in [-0.3, -0.25) is 4.79 Å². The molecule has 2 heterocycles. The second-order valence-corrected chi connectivity index (χ2v) is 9.59. The van der Waals surface area contributed by atoms with Crippen LogP contribution in [-0.4, -0.2) is 69.7 Å². The summed E-state index contributed by atoms with van der Waals surface area (Å²) in [5, 5.41) is 6.13. The Kier molecular flexibility index (Phi) is 6.39. The van der Waals surface area contributed by atoms with Gasteiger partial charge >= 0.3 is 0 Å². The molecule has 0 bridgehead atoms. The molecule has 7 nitrogen and oxygen atoms in total. The molecule has 2 aliphatic heterocycles. The Balaban J connectivity index is 1.52. The zero-order valence-electron chi connectivity index (χ0n) is 16.1. The first-order chi connectivity index (χ1) is 12.8. The first-order valence-electron chi connectivity index (χ1n) is 9.65. The SMILES string of the molecule is Cc1cccc(N2CCN(S(=O)(=O)CC(=O)NC3CNCCC3C)CC2)c1. The van der Waals surface area contributed by atoms with Crippen LogP contribution in [0, 0.1) is 12.8 Å². The Labute approximate surface area is 162 Å². The highest BCUT2D eigenvalue weighted by molar-refractivity contribution is 7.89. The smallest absolute Gasteiger partial charge is 0.236 e. The maximum absolute atomic E-state index is 12.6. The van der Waals surface area contributed by atoms with Crippen molar-refractivity contribution < 1.29 is 13.2 Å². The number of carbonyl (C=O) groups is 1. The summed E-state index contributed by atoms with van der Waals surface area (Å²) >= 11 is 0. The number of benzene rings is 1. The summed E-state index contributed by atoms with van der Waals surface area (Å²) in [5.74, 6) is -0.520. The fraction of sp³-hybridized carbons (Fsp3) is 0.632. The van der Waals surface area contributed by atoms with Gasteiger partial charge in [-0.1, -0.05) is 19.1 Å². The highest BCUT2D eigenvalue weighted by Gasteiger charge is 2.30. The second-order valence-electron chi connectivity index (χ2n) is 7.63. The van der Waals surface area contributed by atoms with Gasteiger partial charge in [0.15, 0.2) is 0 Å². The number of hydrogen-bond acceptors (Lipinski definition) is 5. The van der Waals surface area contributed by atoms with Crippen molar-refractivity contribution in [1.82, 2.24) is 14.9 Å². The Hall–Kier alpha value is -1.64. The minimum atomic E-state index is -3.59. The number of amides is 1. The minimum Gasteiger partial charge on any atom is -0.369 e. The van der Waals surface area contributed by atoms with Crippen LogP contribution in [0.15, 0.2) is 24.3 Å². The van der Waals surface area contributed by atoms with E-state index < -0.39 is 21.7 Å². The molecule has 0 radical (unpaired) electrons. The summed E-state index contributed by atoms with van der Waals surface area (Å²) in [6.45, 7) is 7.85. The zero-order chi connectivity index (χ0) is 19.4. The molecule has 0 saturated carbocycles. The molecule has 1 aromatic carbocycles. The van der Waals surface area contributed by atoms with E-state index in [1.54, 1.807) is 0 Å². The van der Waals surface area contributed by atoms with Crippen molar-refractivity contribution in [2.75, 3.05) is 49.9 Å². The third kappa shape index (κ3) is 5.21. The lowest BCUT2D eigenvalue weighted by molar-refractivity contribution is -0.119. The lowest BCUT2D eigenvalue weighted by atomic mass is 9.95. The summed E-state index contributed by atoms with van der Waals surface area (Å²) in [5.41, 5.74) is 2.30. The van der Waals surface area contributed by atoms with Gasteiger partial charge in [0.2, 0.25) is 15.9 Å². The monoisotopic (exact) mass is 394 g/mol. The summed E-state index contributed by atoms with van der Waals surface area (Å²) in [6.07, 6.45) is 0.985. The van der Waals surface area contributed by atoms with Crippen molar-refractivity contribution in [3.05, 3.63) is 29.8 Å². The van der Waals surface area contributed by atoms with Crippen LogP contribution < -0.4 is 15.5 Å². The maximum atomic E-state index is 12.6.